The minimum absolute atomic E-state index is 0.0399. The van der Waals surface area contributed by atoms with Crippen LogP contribution in [-0.2, 0) is 11.3 Å². The molecule has 2 N–H and O–H groups in total. The lowest BCUT2D eigenvalue weighted by Crippen LogP contribution is -2.25. The average molecular weight is 262 g/mol. The molecule has 0 saturated heterocycles. The topological polar surface area (TPSA) is 86.7 Å². The Morgan fingerprint density at radius 2 is 2.16 bits per heavy atom. The highest BCUT2D eigenvalue weighted by Crippen LogP contribution is 2.02. The molecule has 0 saturated carbocycles. The van der Waals surface area contributed by atoms with Crippen molar-refractivity contribution in [2.75, 3.05) is 6.54 Å². The van der Waals surface area contributed by atoms with Crippen molar-refractivity contribution >= 4 is 6.09 Å². The predicted molar refractivity (Wildman–Crippen MR) is 69.7 cm³/mol. The van der Waals surface area contributed by atoms with Crippen molar-refractivity contribution in [3.63, 3.8) is 0 Å². The van der Waals surface area contributed by atoms with E-state index in [0.717, 1.165) is 11.8 Å². The Hall–Kier alpha value is -2.55. The number of benzene rings is 1. The first kappa shape index (κ1) is 14.5. The molecule has 1 rings (SSSR count). The largest absolute Gasteiger partial charge is 0.505 e. The van der Waals surface area contributed by atoms with E-state index < -0.39 is 6.09 Å². The van der Waals surface area contributed by atoms with Gasteiger partial charge in [-0.05, 0) is 12.0 Å². The summed E-state index contributed by atoms with van der Waals surface area (Å²) in [5.74, 6) is -0.0399. The highest BCUT2D eigenvalue weighted by atomic mass is 16.5. The van der Waals surface area contributed by atoms with Crippen molar-refractivity contribution in [1.29, 1.82) is 5.39 Å². The Kier molecular flexibility index (Phi) is 6.51. The number of hydrogen-bond acceptors (Lipinski definition) is 4. The van der Waals surface area contributed by atoms with Crippen molar-refractivity contribution in [3.8, 4) is 0 Å². The molecule has 0 radical (unpaired) electrons. The molecule has 0 aliphatic carbocycles. The van der Waals surface area contributed by atoms with Gasteiger partial charge in [0.2, 0.25) is 5.39 Å². The Morgan fingerprint density at radius 3 is 2.84 bits per heavy atom. The summed E-state index contributed by atoms with van der Waals surface area (Å²) < 4.78 is 5.00. The zero-order valence-corrected chi connectivity index (χ0v) is 10.5. The van der Waals surface area contributed by atoms with Crippen molar-refractivity contribution < 1.29 is 14.6 Å². The first-order chi connectivity index (χ1) is 9.22. The molecular formula is C13H16N3O3+. The molecule has 6 heteroatoms. The molecule has 19 heavy (non-hydrogen) atoms. The Bertz CT molecular complexity index is 466. The molecule has 0 aliphatic rings. The fourth-order valence-corrected chi connectivity index (χ4v) is 1.37. The molecule has 0 unspecified atom stereocenters. The molecule has 100 valence electrons. The van der Waals surface area contributed by atoms with Crippen LogP contribution in [0.25, 0.3) is 4.98 Å². The van der Waals surface area contributed by atoms with Crippen LogP contribution in [0.15, 0.2) is 42.3 Å². The second-order valence-electron chi connectivity index (χ2n) is 3.83. The third kappa shape index (κ3) is 6.68. The van der Waals surface area contributed by atoms with Gasteiger partial charge in [0.05, 0.1) is 0 Å². The van der Waals surface area contributed by atoms with Crippen molar-refractivity contribution in [3.05, 3.63) is 52.8 Å². The van der Waals surface area contributed by atoms with E-state index in [4.69, 9.17) is 15.2 Å². The minimum Gasteiger partial charge on any atom is -0.505 e. The maximum atomic E-state index is 11.3. The van der Waals surface area contributed by atoms with Gasteiger partial charge in [0.1, 0.15) is 6.61 Å². The van der Waals surface area contributed by atoms with Crippen molar-refractivity contribution in [1.82, 2.24) is 5.32 Å². The van der Waals surface area contributed by atoms with Gasteiger partial charge in [-0.25, -0.2) is 4.79 Å². The van der Waals surface area contributed by atoms with Crippen molar-refractivity contribution in [2.24, 2.45) is 0 Å². The highest BCUT2D eigenvalue weighted by molar-refractivity contribution is 5.67. The van der Waals surface area contributed by atoms with E-state index in [9.17, 15) is 4.79 Å². The van der Waals surface area contributed by atoms with E-state index >= 15 is 0 Å². The number of rotatable bonds is 6. The van der Waals surface area contributed by atoms with Crippen LogP contribution < -0.4 is 5.32 Å². The normalized spacial score (nSPS) is 10.6. The lowest BCUT2D eigenvalue weighted by Gasteiger charge is -2.06. The van der Waals surface area contributed by atoms with Gasteiger partial charge in [0.15, 0.2) is 10.7 Å². The number of nitrogens with zero attached hydrogens (tertiary/aromatic N) is 2. The molecule has 0 atom stereocenters. The van der Waals surface area contributed by atoms with Crippen LogP contribution in [0.4, 0.5) is 4.79 Å². The SMILES string of the molecule is N#[N+]/C=C(/O)CCCNC(=O)OCc1ccccc1. The van der Waals surface area contributed by atoms with E-state index in [0.29, 0.717) is 19.4 Å². The van der Waals surface area contributed by atoms with Gasteiger partial charge in [0, 0.05) is 13.0 Å². The molecule has 0 spiro atoms. The molecule has 1 aromatic carbocycles. The highest BCUT2D eigenvalue weighted by Gasteiger charge is 2.03. The number of amides is 1. The number of hydrogen-bond donors (Lipinski definition) is 2. The van der Waals surface area contributed by atoms with Crippen molar-refractivity contribution in [2.45, 2.75) is 19.4 Å². The fraction of sp³-hybridized carbons (Fsp3) is 0.308. The minimum atomic E-state index is -0.501. The number of aliphatic hydroxyl groups is 1. The average Bonchev–Trinajstić information content (AvgIpc) is 2.43. The Morgan fingerprint density at radius 1 is 1.42 bits per heavy atom. The molecular weight excluding hydrogens is 246 g/mol. The molecule has 0 fully saturated rings. The van der Waals surface area contributed by atoms with E-state index in [1.807, 2.05) is 30.3 Å². The zero-order chi connectivity index (χ0) is 13.9. The quantitative estimate of drug-likeness (QED) is 0.468. The number of ether oxygens (including phenoxy) is 1. The van der Waals surface area contributed by atoms with Crippen LogP contribution in [0.3, 0.4) is 0 Å². The number of alkyl carbamates (subject to hydrolysis) is 1. The van der Waals surface area contributed by atoms with Gasteiger partial charge < -0.3 is 15.2 Å². The van der Waals surface area contributed by atoms with Crippen LogP contribution >= 0.6 is 0 Å². The summed E-state index contributed by atoms with van der Waals surface area (Å²) in [6.07, 6.45) is 1.30. The van der Waals surface area contributed by atoms with Crippen LogP contribution in [0, 0.1) is 5.39 Å². The van der Waals surface area contributed by atoms with Gasteiger partial charge in [-0.2, -0.15) is 0 Å². The van der Waals surface area contributed by atoms with Crippen LogP contribution in [0.2, 0.25) is 0 Å². The molecule has 0 aliphatic heterocycles. The molecule has 0 bridgehead atoms. The monoisotopic (exact) mass is 262 g/mol. The number of nitrogens with one attached hydrogen (secondary N) is 1. The third-order valence-corrected chi connectivity index (χ3v) is 2.30. The van der Waals surface area contributed by atoms with Crippen LogP contribution in [-0.4, -0.2) is 17.7 Å². The molecule has 6 nitrogen and oxygen atoms in total. The maximum Gasteiger partial charge on any atom is 0.407 e. The lowest BCUT2D eigenvalue weighted by atomic mass is 10.2. The molecule has 1 aromatic rings. The maximum absolute atomic E-state index is 11.3. The first-order valence-electron chi connectivity index (χ1n) is 5.89. The number of allylic oxidation sites excluding steroid dienone is 1. The lowest BCUT2D eigenvalue weighted by molar-refractivity contribution is 0.139. The van der Waals surface area contributed by atoms with E-state index in [-0.39, 0.29) is 12.4 Å². The van der Waals surface area contributed by atoms with E-state index in [1.165, 1.54) is 0 Å². The van der Waals surface area contributed by atoms with Gasteiger partial charge in [-0.15, -0.1) is 0 Å². The smallest absolute Gasteiger partial charge is 0.407 e. The van der Waals surface area contributed by atoms with Crippen LogP contribution in [0.5, 0.6) is 0 Å². The second-order valence-corrected chi connectivity index (χ2v) is 3.83. The number of carbonyl (C=O) groups is 1. The summed E-state index contributed by atoms with van der Waals surface area (Å²) in [7, 11) is 0. The summed E-state index contributed by atoms with van der Waals surface area (Å²) >= 11 is 0. The molecule has 1 amide bonds. The summed E-state index contributed by atoms with van der Waals surface area (Å²) in [6, 6.07) is 9.38. The number of aliphatic hydroxyl groups excluding tert-OH is 1. The third-order valence-electron chi connectivity index (χ3n) is 2.30. The number of diazo groups is 1. The van der Waals surface area contributed by atoms with E-state index in [1.54, 1.807) is 0 Å². The fourth-order valence-electron chi connectivity index (χ4n) is 1.37. The van der Waals surface area contributed by atoms with Gasteiger partial charge in [-0.1, -0.05) is 30.3 Å². The van der Waals surface area contributed by atoms with Gasteiger partial charge in [-0.3, -0.25) is 0 Å². The summed E-state index contributed by atoms with van der Waals surface area (Å²) in [6.45, 7) is 0.595. The summed E-state index contributed by atoms with van der Waals surface area (Å²) in [5.41, 5.74) is 0.919. The number of carbonyl (C=O) groups excluding carboxylic acids is 1. The first-order valence-corrected chi connectivity index (χ1v) is 5.89. The predicted octanol–water partition coefficient (Wildman–Crippen LogP) is 2.95. The van der Waals surface area contributed by atoms with Gasteiger partial charge >= 0.3 is 12.3 Å². The Labute approximate surface area is 111 Å². The van der Waals surface area contributed by atoms with Gasteiger partial charge in [0.25, 0.3) is 0 Å². The summed E-state index contributed by atoms with van der Waals surface area (Å²) in [4.78, 5) is 14.0. The van der Waals surface area contributed by atoms with E-state index in [2.05, 4.69) is 10.3 Å². The second kappa shape index (κ2) is 8.53. The molecule has 0 heterocycles. The standard InChI is InChI=1S/C13H15N3O3/c14-16-9-12(17)7-4-8-15-13(18)19-10-11-5-2-1-3-6-11/h1-3,5-6,9H,4,7-8,10H2,(H-,15,17,18)/p+1/b12-9+. The zero-order valence-electron chi connectivity index (χ0n) is 10.5. The van der Waals surface area contributed by atoms with Crippen LogP contribution in [0.1, 0.15) is 18.4 Å². The Balaban J connectivity index is 2.12. The molecule has 0 aromatic heterocycles. The summed E-state index contributed by atoms with van der Waals surface area (Å²) in [5, 5.41) is 19.8.